The molecule has 0 aromatic rings. The maximum atomic E-state index is 11.8. The van der Waals surface area contributed by atoms with Gasteiger partial charge in [-0.2, -0.15) is 0 Å². The van der Waals surface area contributed by atoms with Crippen molar-refractivity contribution in [1.29, 1.82) is 0 Å². The molecule has 0 spiro atoms. The van der Waals surface area contributed by atoms with Crippen LogP contribution in [-0.2, 0) is 9.59 Å². The van der Waals surface area contributed by atoms with E-state index in [4.69, 9.17) is 5.11 Å². The van der Waals surface area contributed by atoms with Crippen LogP contribution in [0.4, 0.5) is 0 Å². The zero-order chi connectivity index (χ0) is 13.8. The first-order chi connectivity index (χ1) is 8.28. The smallest absolute Gasteiger partial charge is 0.303 e. The van der Waals surface area contributed by atoms with Crippen molar-refractivity contribution >= 4 is 11.9 Å². The summed E-state index contributed by atoms with van der Waals surface area (Å²) in [6.07, 6.45) is 1.41. The Labute approximate surface area is 109 Å². The maximum absolute atomic E-state index is 11.8. The molecule has 1 rings (SSSR count). The Hall–Kier alpha value is -1.10. The number of carbonyl (C=O) groups excluding carboxylic acids is 1. The summed E-state index contributed by atoms with van der Waals surface area (Å²) in [5.74, 6) is -0.373. The molecule has 0 saturated carbocycles. The highest BCUT2D eigenvalue weighted by Crippen LogP contribution is 2.24. The number of carbonyl (C=O) groups is 2. The lowest BCUT2D eigenvalue weighted by Gasteiger charge is -2.22. The molecule has 1 amide bonds. The second kappa shape index (κ2) is 6.18. The van der Waals surface area contributed by atoms with Crippen LogP contribution in [0, 0.1) is 11.3 Å². The molecule has 104 valence electrons. The van der Waals surface area contributed by atoms with Gasteiger partial charge in [-0.15, -0.1) is 0 Å². The molecular weight excluding hydrogens is 232 g/mol. The minimum atomic E-state index is -0.856. The van der Waals surface area contributed by atoms with E-state index in [0.717, 1.165) is 19.5 Å². The Kier molecular flexibility index (Phi) is 5.14. The van der Waals surface area contributed by atoms with Crippen molar-refractivity contribution in [2.45, 2.75) is 33.1 Å². The van der Waals surface area contributed by atoms with Crippen LogP contribution in [0.15, 0.2) is 0 Å². The molecule has 1 atom stereocenters. The summed E-state index contributed by atoms with van der Waals surface area (Å²) in [6.45, 7) is 6.43. The Morgan fingerprint density at radius 3 is 2.56 bits per heavy atom. The van der Waals surface area contributed by atoms with Gasteiger partial charge in [-0.05, 0) is 31.3 Å². The third-order valence-electron chi connectivity index (χ3n) is 3.35. The maximum Gasteiger partial charge on any atom is 0.303 e. The van der Waals surface area contributed by atoms with Gasteiger partial charge in [0.25, 0.3) is 0 Å². The molecule has 18 heavy (non-hydrogen) atoms. The van der Waals surface area contributed by atoms with Crippen LogP contribution in [0.5, 0.6) is 0 Å². The summed E-state index contributed by atoms with van der Waals surface area (Å²) in [7, 11) is 2.08. The van der Waals surface area contributed by atoms with E-state index in [-0.39, 0.29) is 18.7 Å². The highest BCUT2D eigenvalue weighted by atomic mass is 16.4. The number of rotatable bonds is 6. The number of nitrogens with zero attached hydrogens (tertiary/aromatic N) is 1. The Morgan fingerprint density at radius 1 is 1.39 bits per heavy atom. The predicted octanol–water partition coefficient (Wildman–Crippen LogP) is 0.945. The van der Waals surface area contributed by atoms with E-state index < -0.39 is 11.4 Å². The first-order valence-corrected chi connectivity index (χ1v) is 6.45. The van der Waals surface area contributed by atoms with Gasteiger partial charge in [0.15, 0.2) is 0 Å². The molecule has 0 bridgehead atoms. The number of carboxylic acid groups (broad SMARTS) is 1. The van der Waals surface area contributed by atoms with Crippen molar-refractivity contribution in [1.82, 2.24) is 10.2 Å². The summed E-state index contributed by atoms with van der Waals surface area (Å²) in [5.41, 5.74) is -0.484. The lowest BCUT2D eigenvalue weighted by molar-refractivity contribution is -0.139. The highest BCUT2D eigenvalue weighted by Gasteiger charge is 2.26. The largest absolute Gasteiger partial charge is 0.481 e. The van der Waals surface area contributed by atoms with Gasteiger partial charge in [0, 0.05) is 19.5 Å². The summed E-state index contributed by atoms with van der Waals surface area (Å²) < 4.78 is 0. The first kappa shape index (κ1) is 15.0. The number of hydrogen-bond acceptors (Lipinski definition) is 3. The number of nitrogens with one attached hydrogen (secondary N) is 1. The molecule has 0 radical (unpaired) electrons. The van der Waals surface area contributed by atoms with E-state index in [1.54, 1.807) is 0 Å². The minimum absolute atomic E-state index is 0.0204. The monoisotopic (exact) mass is 256 g/mol. The summed E-state index contributed by atoms with van der Waals surface area (Å²) in [6, 6.07) is 0. The van der Waals surface area contributed by atoms with Gasteiger partial charge in [-0.25, -0.2) is 0 Å². The summed E-state index contributed by atoms with van der Waals surface area (Å²) in [4.78, 5) is 24.7. The third kappa shape index (κ3) is 5.49. The normalized spacial score (nSPS) is 20.9. The van der Waals surface area contributed by atoms with Gasteiger partial charge in [0.05, 0.1) is 6.42 Å². The van der Waals surface area contributed by atoms with Crippen LogP contribution in [0.1, 0.15) is 33.1 Å². The molecule has 1 fully saturated rings. The topological polar surface area (TPSA) is 69.6 Å². The number of amides is 1. The fraction of sp³-hybridized carbons (Fsp3) is 0.846. The molecule has 1 aliphatic rings. The summed E-state index contributed by atoms with van der Waals surface area (Å²) in [5, 5.41) is 11.7. The van der Waals surface area contributed by atoms with Crippen molar-refractivity contribution in [3.8, 4) is 0 Å². The number of hydrogen-bond donors (Lipinski definition) is 2. The zero-order valence-corrected chi connectivity index (χ0v) is 11.5. The van der Waals surface area contributed by atoms with E-state index in [1.807, 2.05) is 13.8 Å². The molecule has 0 aromatic heterocycles. The molecule has 5 heteroatoms. The summed E-state index contributed by atoms with van der Waals surface area (Å²) >= 11 is 0. The SMILES string of the molecule is CN1CCC(CNC(=O)CC(C)(C)CC(=O)O)C1. The highest BCUT2D eigenvalue weighted by molar-refractivity contribution is 5.77. The zero-order valence-electron chi connectivity index (χ0n) is 11.5. The second-order valence-corrected chi connectivity index (χ2v) is 6.13. The lowest BCUT2D eigenvalue weighted by Crippen LogP contribution is -2.34. The molecule has 1 unspecified atom stereocenters. The van der Waals surface area contributed by atoms with Crippen molar-refractivity contribution in [2.24, 2.45) is 11.3 Å². The second-order valence-electron chi connectivity index (χ2n) is 6.13. The average molecular weight is 256 g/mol. The number of aliphatic carboxylic acids is 1. The minimum Gasteiger partial charge on any atom is -0.481 e. The van der Waals surface area contributed by atoms with E-state index >= 15 is 0 Å². The Balaban J connectivity index is 2.26. The van der Waals surface area contributed by atoms with Gasteiger partial charge in [-0.1, -0.05) is 13.8 Å². The van der Waals surface area contributed by atoms with Crippen molar-refractivity contribution in [2.75, 3.05) is 26.7 Å². The van der Waals surface area contributed by atoms with Crippen LogP contribution >= 0.6 is 0 Å². The standard InChI is InChI=1S/C13H24N2O3/c1-13(2,7-12(17)18)6-11(16)14-8-10-4-5-15(3)9-10/h10H,4-9H2,1-3H3,(H,14,16)(H,17,18). The van der Waals surface area contributed by atoms with Crippen LogP contribution < -0.4 is 5.32 Å². The Bertz CT molecular complexity index is 315. The van der Waals surface area contributed by atoms with Crippen LogP contribution in [0.2, 0.25) is 0 Å². The van der Waals surface area contributed by atoms with Gasteiger partial charge in [0.1, 0.15) is 0 Å². The van der Waals surface area contributed by atoms with Gasteiger partial charge in [-0.3, -0.25) is 9.59 Å². The number of carboxylic acids is 1. The molecule has 2 N–H and O–H groups in total. The van der Waals surface area contributed by atoms with E-state index in [9.17, 15) is 9.59 Å². The van der Waals surface area contributed by atoms with Crippen molar-refractivity contribution in [3.05, 3.63) is 0 Å². The van der Waals surface area contributed by atoms with E-state index in [1.165, 1.54) is 0 Å². The van der Waals surface area contributed by atoms with Crippen LogP contribution in [0.3, 0.4) is 0 Å². The van der Waals surface area contributed by atoms with Gasteiger partial charge in [0.2, 0.25) is 5.91 Å². The van der Waals surface area contributed by atoms with Gasteiger partial charge >= 0.3 is 5.97 Å². The van der Waals surface area contributed by atoms with Crippen molar-refractivity contribution in [3.63, 3.8) is 0 Å². The lowest BCUT2D eigenvalue weighted by atomic mass is 9.85. The molecule has 1 heterocycles. The number of likely N-dealkylation sites (tertiary alicyclic amines) is 1. The van der Waals surface area contributed by atoms with Crippen LogP contribution in [-0.4, -0.2) is 48.6 Å². The quantitative estimate of drug-likeness (QED) is 0.742. The fourth-order valence-electron chi connectivity index (χ4n) is 2.42. The molecule has 0 aromatic carbocycles. The van der Waals surface area contributed by atoms with Crippen molar-refractivity contribution < 1.29 is 14.7 Å². The molecule has 1 saturated heterocycles. The van der Waals surface area contributed by atoms with E-state index in [2.05, 4.69) is 17.3 Å². The van der Waals surface area contributed by atoms with E-state index in [0.29, 0.717) is 12.5 Å². The molecule has 0 aliphatic carbocycles. The van der Waals surface area contributed by atoms with Crippen LogP contribution in [0.25, 0.3) is 0 Å². The molecule has 1 aliphatic heterocycles. The molecule has 5 nitrogen and oxygen atoms in total. The third-order valence-corrected chi connectivity index (χ3v) is 3.35. The average Bonchev–Trinajstić information content (AvgIpc) is 2.58. The Morgan fingerprint density at radius 2 is 2.06 bits per heavy atom. The fourth-order valence-corrected chi connectivity index (χ4v) is 2.42. The first-order valence-electron chi connectivity index (χ1n) is 6.45. The predicted molar refractivity (Wildman–Crippen MR) is 69.3 cm³/mol. The van der Waals surface area contributed by atoms with Gasteiger partial charge < -0.3 is 15.3 Å². The molecular formula is C13H24N2O3.